The van der Waals surface area contributed by atoms with E-state index in [1.807, 2.05) is 0 Å². The third-order valence-corrected chi connectivity index (χ3v) is 4.31. The molecule has 0 fully saturated rings. The molecule has 0 heterocycles. The number of hydrogen-bond acceptors (Lipinski definition) is 0. The van der Waals surface area contributed by atoms with Crippen molar-refractivity contribution in [2.75, 3.05) is 0 Å². The van der Waals surface area contributed by atoms with Gasteiger partial charge in [-0.05, 0) is 64.8 Å². The third-order valence-electron chi connectivity index (χ3n) is 4.31. The van der Waals surface area contributed by atoms with Gasteiger partial charge in [-0.3, -0.25) is 0 Å². The van der Waals surface area contributed by atoms with Gasteiger partial charge in [0.15, 0.2) is 0 Å². The smallest absolute Gasteiger partial charge is 0.00134 e. The summed E-state index contributed by atoms with van der Waals surface area (Å²) in [5, 5.41) is 0. The first-order valence-corrected chi connectivity index (χ1v) is 6.91. The van der Waals surface area contributed by atoms with Gasteiger partial charge in [-0.15, -0.1) is 0 Å². The quantitative estimate of drug-likeness (QED) is 0.565. The fourth-order valence-corrected chi connectivity index (χ4v) is 3.27. The summed E-state index contributed by atoms with van der Waals surface area (Å²) in [7, 11) is 0. The lowest BCUT2D eigenvalue weighted by atomic mass is 9.96. The molecule has 2 aliphatic rings. The molecule has 0 saturated heterocycles. The van der Waals surface area contributed by atoms with Crippen molar-refractivity contribution in [2.24, 2.45) is 0 Å². The first kappa shape index (κ1) is 10.8. The molecule has 2 aromatic rings. The largest absolute Gasteiger partial charge is 0.0798 e. The highest BCUT2D eigenvalue weighted by Crippen LogP contribution is 2.39. The molecule has 0 bridgehead atoms. The topological polar surface area (TPSA) is 0 Å². The number of benzene rings is 2. The standard InChI is InChI=1S/C19H16/c1-13-5-4-8-17(13)16-10-9-15-11-14-6-2-3-7-18(14)19(15)12-16/h2-7,9-10,12H,8,11H2,1H3. The van der Waals surface area contributed by atoms with Crippen LogP contribution in [0.1, 0.15) is 30.0 Å². The summed E-state index contributed by atoms with van der Waals surface area (Å²) in [6, 6.07) is 15.8. The van der Waals surface area contributed by atoms with Gasteiger partial charge in [0.05, 0.1) is 0 Å². The molecule has 0 atom stereocenters. The van der Waals surface area contributed by atoms with Gasteiger partial charge in [-0.1, -0.05) is 48.6 Å². The summed E-state index contributed by atoms with van der Waals surface area (Å²) in [5.74, 6) is 0. The summed E-state index contributed by atoms with van der Waals surface area (Å²) < 4.78 is 0. The predicted molar refractivity (Wildman–Crippen MR) is 81.0 cm³/mol. The van der Waals surface area contributed by atoms with Crippen molar-refractivity contribution in [3.63, 3.8) is 0 Å². The van der Waals surface area contributed by atoms with Gasteiger partial charge in [0.2, 0.25) is 0 Å². The van der Waals surface area contributed by atoms with Crippen LogP contribution in [0.4, 0.5) is 0 Å². The zero-order chi connectivity index (χ0) is 12.8. The van der Waals surface area contributed by atoms with E-state index in [2.05, 4.69) is 61.5 Å². The monoisotopic (exact) mass is 244 g/mol. The molecule has 0 spiro atoms. The van der Waals surface area contributed by atoms with Crippen molar-refractivity contribution in [3.05, 3.63) is 76.9 Å². The average molecular weight is 244 g/mol. The Morgan fingerprint density at radius 3 is 2.58 bits per heavy atom. The summed E-state index contributed by atoms with van der Waals surface area (Å²) in [6.07, 6.45) is 6.65. The van der Waals surface area contributed by atoms with Crippen LogP contribution in [-0.4, -0.2) is 0 Å². The highest BCUT2D eigenvalue weighted by Gasteiger charge is 2.19. The summed E-state index contributed by atoms with van der Waals surface area (Å²) in [5.41, 5.74) is 10.1. The maximum atomic E-state index is 2.38. The molecule has 2 aliphatic carbocycles. The van der Waals surface area contributed by atoms with E-state index in [-0.39, 0.29) is 0 Å². The second-order valence-electron chi connectivity index (χ2n) is 5.47. The van der Waals surface area contributed by atoms with Crippen LogP contribution >= 0.6 is 0 Å². The zero-order valence-corrected chi connectivity index (χ0v) is 11.1. The molecule has 0 unspecified atom stereocenters. The minimum absolute atomic E-state index is 1.08. The SMILES string of the molecule is CC1=C(c2ccc3c(c2)-c2ccccc2C3)CC=C1. The van der Waals surface area contributed by atoms with Crippen molar-refractivity contribution in [3.8, 4) is 11.1 Å². The van der Waals surface area contributed by atoms with Gasteiger partial charge < -0.3 is 0 Å². The molecule has 0 amide bonds. The summed E-state index contributed by atoms with van der Waals surface area (Å²) >= 11 is 0. The van der Waals surface area contributed by atoms with Crippen LogP contribution in [0.2, 0.25) is 0 Å². The molecule has 2 aromatic carbocycles. The first-order chi connectivity index (χ1) is 9.33. The lowest BCUT2D eigenvalue weighted by Crippen LogP contribution is -1.87. The van der Waals surface area contributed by atoms with E-state index >= 15 is 0 Å². The van der Waals surface area contributed by atoms with Gasteiger partial charge in [-0.25, -0.2) is 0 Å². The van der Waals surface area contributed by atoms with Crippen LogP contribution in [0.15, 0.2) is 60.2 Å². The average Bonchev–Trinajstić information content (AvgIpc) is 3.01. The van der Waals surface area contributed by atoms with E-state index in [1.54, 1.807) is 0 Å². The second kappa shape index (κ2) is 3.96. The molecule has 0 aromatic heterocycles. The van der Waals surface area contributed by atoms with E-state index in [9.17, 15) is 0 Å². The minimum atomic E-state index is 1.08. The summed E-state index contributed by atoms with van der Waals surface area (Å²) in [4.78, 5) is 0. The maximum Gasteiger partial charge on any atom is -0.00134 e. The van der Waals surface area contributed by atoms with E-state index in [0.717, 1.165) is 12.8 Å². The normalized spacial score (nSPS) is 15.8. The maximum absolute atomic E-state index is 2.38. The molecule has 4 rings (SSSR count). The van der Waals surface area contributed by atoms with Crippen molar-refractivity contribution in [2.45, 2.75) is 19.8 Å². The molecular formula is C19H16. The summed E-state index contributed by atoms with van der Waals surface area (Å²) in [6.45, 7) is 2.21. The van der Waals surface area contributed by atoms with Crippen molar-refractivity contribution >= 4 is 5.57 Å². The molecule has 0 nitrogen and oxygen atoms in total. The fraction of sp³-hybridized carbons (Fsp3) is 0.158. The van der Waals surface area contributed by atoms with Crippen LogP contribution in [0, 0.1) is 0 Å². The highest BCUT2D eigenvalue weighted by atomic mass is 14.2. The van der Waals surface area contributed by atoms with Crippen molar-refractivity contribution in [1.82, 2.24) is 0 Å². The lowest BCUT2D eigenvalue weighted by molar-refractivity contribution is 1.26. The van der Waals surface area contributed by atoms with E-state index < -0.39 is 0 Å². The van der Waals surface area contributed by atoms with Crippen LogP contribution in [0.3, 0.4) is 0 Å². The Balaban J connectivity index is 1.87. The zero-order valence-electron chi connectivity index (χ0n) is 11.1. The fourth-order valence-electron chi connectivity index (χ4n) is 3.27. The van der Waals surface area contributed by atoms with Gasteiger partial charge in [0, 0.05) is 0 Å². The number of fused-ring (bicyclic) bond motifs is 3. The molecular weight excluding hydrogens is 228 g/mol. The Morgan fingerprint density at radius 2 is 1.74 bits per heavy atom. The van der Waals surface area contributed by atoms with Gasteiger partial charge in [0.25, 0.3) is 0 Å². The van der Waals surface area contributed by atoms with Crippen molar-refractivity contribution in [1.29, 1.82) is 0 Å². The lowest BCUT2D eigenvalue weighted by Gasteiger charge is -2.08. The Bertz CT molecular complexity index is 729. The van der Waals surface area contributed by atoms with Gasteiger partial charge in [-0.2, -0.15) is 0 Å². The van der Waals surface area contributed by atoms with Crippen LogP contribution in [-0.2, 0) is 6.42 Å². The van der Waals surface area contributed by atoms with Crippen LogP contribution < -0.4 is 0 Å². The van der Waals surface area contributed by atoms with Crippen LogP contribution in [0.5, 0.6) is 0 Å². The molecule has 0 N–H and O–H groups in total. The Labute approximate surface area is 114 Å². The van der Waals surface area contributed by atoms with E-state index in [4.69, 9.17) is 0 Å². The second-order valence-corrected chi connectivity index (χ2v) is 5.47. The molecule has 0 heteroatoms. The third kappa shape index (κ3) is 1.60. The van der Waals surface area contributed by atoms with Gasteiger partial charge in [0.1, 0.15) is 0 Å². The molecule has 92 valence electrons. The van der Waals surface area contributed by atoms with Crippen LogP contribution in [0.25, 0.3) is 16.7 Å². The van der Waals surface area contributed by atoms with Gasteiger partial charge >= 0.3 is 0 Å². The first-order valence-electron chi connectivity index (χ1n) is 6.91. The molecule has 0 aliphatic heterocycles. The number of allylic oxidation sites excluding steroid dienone is 4. The Kier molecular flexibility index (Phi) is 2.25. The Morgan fingerprint density at radius 1 is 0.895 bits per heavy atom. The van der Waals surface area contributed by atoms with Crippen molar-refractivity contribution < 1.29 is 0 Å². The molecule has 19 heavy (non-hydrogen) atoms. The predicted octanol–water partition coefficient (Wildman–Crippen LogP) is 4.99. The number of hydrogen-bond donors (Lipinski definition) is 0. The number of rotatable bonds is 1. The minimum Gasteiger partial charge on any atom is -0.0798 e. The highest BCUT2D eigenvalue weighted by molar-refractivity contribution is 5.82. The molecule has 0 radical (unpaired) electrons. The Hall–Kier alpha value is -2.08. The van der Waals surface area contributed by atoms with E-state index in [0.29, 0.717) is 0 Å². The molecule has 0 saturated carbocycles. The van der Waals surface area contributed by atoms with E-state index in [1.165, 1.54) is 39.0 Å².